The van der Waals surface area contributed by atoms with Gasteiger partial charge in [-0.25, -0.2) is 0 Å². The number of aliphatic carboxylic acids is 1. The van der Waals surface area contributed by atoms with Gasteiger partial charge in [0.15, 0.2) is 0 Å². The van der Waals surface area contributed by atoms with Gasteiger partial charge in [0.05, 0.1) is 10.8 Å². The van der Waals surface area contributed by atoms with Crippen LogP contribution in [0.2, 0.25) is 0 Å². The second kappa shape index (κ2) is 5.90. The summed E-state index contributed by atoms with van der Waals surface area (Å²) < 4.78 is 0. The van der Waals surface area contributed by atoms with Crippen LogP contribution < -0.4 is 5.32 Å². The first kappa shape index (κ1) is 14.3. The van der Waals surface area contributed by atoms with E-state index < -0.39 is 16.8 Å². The molecule has 20 heavy (non-hydrogen) atoms. The van der Waals surface area contributed by atoms with Crippen molar-refractivity contribution in [3.05, 3.63) is 33.9 Å². The summed E-state index contributed by atoms with van der Waals surface area (Å²) in [6.45, 7) is 1.68. The van der Waals surface area contributed by atoms with Crippen molar-refractivity contribution in [3.8, 4) is 0 Å². The van der Waals surface area contributed by atoms with E-state index in [9.17, 15) is 20.0 Å². The maximum Gasteiger partial charge on any atom is 0.308 e. The molecule has 0 spiro atoms. The predicted molar refractivity (Wildman–Crippen MR) is 74.8 cm³/mol. The molecule has 0 bridgehead atoms. The molecule has 0 amide bonds. The summed E-state index contributed by atoms with van der Waals surface area (Å²) in [6, 6.07) is 4.67. The van der Waals surface area contributed by atoms with Crippen molar-refractivity contribution in [2.45, 2.75) is 38.6 Å². The Morgan fingerprint density at radius 1 is 1.40 bits per heavy atom. The number of nitrogens with one attached hydrogen (secondary N) is 1. The van der Waals surface area contributed by atoms with Crippen LogP contribution in [0.25, 0.3) is 0 Å². The molecule has 2 N–H and O–H groups in total. The van der Waals surface area contributed by atoms with Crippen molar-refractivity contribution in [1.29, 1.82) is 0 Å². The van der Waals surface area contributed by atoms with Crippen LogP contribution in [-0.4, -0.2) is 22.0 Å². The number of hydrogen-bond acceptors (Lipinski definition) is 4. The van der Waals surface area contributed by atoms with Crippen LogP contribution in [0.15, 0.2) is 18.2 Å². The van der Waals surface area contributed by atoms with E-state index in [0.717, 1.165) is 19.3 Å². The smallest absolute Gasteiger partial charge is 0.308 e. The Hall–Kier alpha value is -2.11. The molecule has 6 heteroatoms. The highest BCUT2D eigenvalue weighted by molar-refractivity contribution is 5.72. The molecule has 0 heterocycles. The van der Waals surface area contributed by atoms with E-state index in [4.69, 9.17) is 0 Å². The average Bonchev–Trinajstić information content (AvgIpc) is 2.41. The lowest BCUT2D eigenvalue weighted by molar-refractivity contribution is -0.385. The Balaban J connectivity index is 2.22. The fourth-order valence-corrected chi connectivity index (χ4v) is 2.78. The molecular weight excluding hydrogens is 260 g/mol. The van der Waals surface area contributed by atoms with Crippen molar-refractivity contribution in [2.24, 2.45) is 5.92 Å². The molecule has 1 saturated carbocycles. The van der Waals surface area contributed by atoms with E-state index in [1.165, 1.54) is 6.07 Å². The zero-order valence-electron chi connectivity index (χ0n) is 11.3. The van der Waals surface area contributed by atoms with E-state index in [1.54, 1.807) is 19.1 Å². The lowest BCUT2D eigenvalue weighted by Gasteiger charge is -2.30. The third-order valence-electron chi connectivity index (χ3n) is 3.93. The van der Waals surface area contributed by atoms with E-state index >= 15 is 0 Å². The molecule has 2 atom stereocenters. The molecular formula is C14H18N2O4. The maximum atomic E-state index is 11.3. The Labute approximate surface area is 117 Å². The van der Waals surface area contributed by atoms with Gasteiger partial charge in [-0.2, -0.15) is 0 Å². The molecule has 1 aliphatic carbocycles. The van der Waals surface area contributed by atoms with Crippen molar-refractivity contribution >= 4 is 17.3 Å². The summed E-state index contributed by atoms with van der Waals surface area (Å²) in [5.74, 6) is -1.23. The summed E-state index contributed by atoms with van der Waals surface area (Å²) in [5, 5.41) is 23.4. The Morgan fingerprint density at radius 3 is 2.75 bits per heavy atom. The van der Waals surface area contributed by atoms with E-state index in [-0.39, 0.29) is 11.7 Å². The molecule has 2 unspecified atom stereocenters. The molecule has 0 saturated heterocycles. The second-order valence-corrected chi connectivity index (χ2v) is 5.19. The van der Waals surface area contributed by atoms with Gasteiger partial charge in [0.2, 0.25) is 0 Å². The number of nitrogens with zero attached hydrogens (tertiary/aromatic N) is 1. The number of anilines is 1. The van der Waals surface area contributed by atoms with Crippen LogP contribution in [0.4, 0.5) is 11.4 Å². The number of nitro groups is 1. The van der Waals surface area contributed by atoms with E-state index in [1.807, 2.05) is 0 Å². The SMILES string of the molecule is Cc1c(NC2CCCCC2C(=O)O)cccc1[N+](=O)[O-]. The van der Waals surface area contributed by atoms with Crippen LogP contribution in [0.3, 0.4) is 0 Å². The zero-order chi connectivity index (χ0) is 14.7. The number of carboxylic acids is 1. The lowest BCUT2D eigenvalue weighted by Crippen LogP contribution is -2.37. The second-order valence-electron chi connectivity index (χ2n) is 5.19. The van der Waals surface area contributed by atoms with E-state index in [0.29, 0.717) is 17.7 Å². The number of hydrogen-bond donors (Lipinski definition) is 2. The normalized spacial score (nSPS) is 22.2. The third-order valence-corrected chi connectivity index (χ3v) is 3.93. The van der Waals surface area contributed by atoms with Gasteiger partial charge in [0.25, 0.3) is 5.69 Å². The van der Waals surface area contributed by atoms with Gasteiger partial charge in [0.1, 0.15) is 0 Å². The maximum absolute atomic E-state index is 11.3. The topological polar surface area (TPSA) is 92.5 Å². The van der Waals surface area contributed by atoms with Crippen molar-refractivity contribution in [2.75, 3.05) is 5.32 Å². The molecule has 0 radical (unpaired) electrons. The van der Waals surface area contributed by atoms with Gasteiger partial charge in [0, 0.05) is 23.4 Å². The highest BCUT2D eigenvalue weighted by atomic mass is 16.6. The molecule has 2 rings (SSSR count). The van der Waals surface area contributed by atoms with E-state index in [2.05, 4.69) is 5.32 Å². The summed E-state index contributed by atoms with van der Waals surface area (Å²) in [6.07, 6.45) is 3.33. The van der Waals surface area contributed by atoms with Gasteiger partial charge >= 0.3 is 5.97 Å². The molecule has 0 aromatic heterocycles. The molecule has 1 aliphatic rings. The Kier molecular flexibility index (Phi) is 4.22. The fourth-order valence-electron chi connectivity index (χ4n) is 2.78. The van der Waals surface area contributed by atoms with Gasteiger partial charge in [-0.05, 0) is 25.8 Å². The van der Waals surface area contributed by atoms with Crippen molar-refractivity contribution in [3.63, 3.8) is 0 Å². The number of carboxylic acid groups (broad SMARTS) is 1. The minimum Gasteiger partial charge on any atom is -0.481 e. The van der Waals surface area contributed by atoms with Crippen LogP contribution in [-0.2, 0) is 4.79 Å². The van der Waals surface area contributed by atoms with Crippen LogP contribution >= 0.6 is 0 Å². The molecule has 108 valence electrons. The van der Waals surface area contributed by atoms with Crippen LogP contribution in [0.1, 0.15) is 31.2 Å². The number of carbonyl (C=O) groups is 1. The molecule has 6 nitrogen and oxygen atoms in total. The number of nitro benzene ring substituents is 1. The first-order valence-electron chi connectivity index (χ1n) is 6.74. The summed E-state index contributed by atoms with van der Waals surface area (Å²) in [7, 11) is 0. The van der Waals surface area contributed by atoms with Gasteiger partial charge < -0.3 is 10.4 Å². The van der Waals surface area contributed by atoms with Crippen LogP contribution in [0, 0.1) is 23.0 Å². The lowest BCUT2D eigenvalue weighted by atomic mass is 9.84. The molecule has 1 fully saturated rings. The zero-order valence-corrected chi connectivity index (χ0v) is 11.3. The molecule has 0 aliphatic heterocycles. The number of benzene rings is 1. The predicted octanol–water partition coefficient (Wildman–Crippen LogP) is 2.96. The molecule has 1 aromatic carbocycles. The summed E-state index contributed by atoms with van der Waals surface area (Å²) in [5.41, 5.74) is 1.25. The van der Waals surface area contributed by atoms with Gasteiger partial charge in [-0.3, -0.25) is 14.9 Å². The Morgan fingerprint density at radius 2 is 2.10 bits per heavy atom. The highest BCUT2D eigenvalue weighted by Crippen LogP contribution is 2.31. The minimum absolute atomic E-state index is 0.0534. The minimum atomic E-state index is -0.801. The highest BCUT2D eigenvalue weighted by Gasteiger charge is 2.31. The largest absolute Gasteiger partial charge is 0.481 e. The average molecular weight is 278 g/mol. The fraction of sp³-hybridized carbons (Fsp3) is 0.500. The molecule has 1 aromatic rings. The first-order chi connectivity index (χ1) is 9.50. The first-order valence-corrected chi connectivity index (χ1v) is 6.74. The third kappa shape index (κ3) is 2.89. The van der Waals surface area contributed by atoms with Crippen molar-refractivity contribution < 1.29 is 14.8 Å². The van der Waals surface area contributed by atoms with Gasteiger partial charge in [-0.15, -0.1) is 0 Å². The summed E-state index contributed by atoms with van der Waals surface area (Å²) in [4.78, 5) is 21.8. The standard InChI is InChI=1S/C14H18N2O4/c1-9-11(7-4-8-13(9)16(19)20)15-12-6-3-2-5-10(12)14(17)18/h4,7-8,10,12,15H,2-3,5-6H2,1H3,(H,17,18). The van der Waals surface area contributed by atoms with Crippen molar-refractivity contribution in [1.82, 2.24) is 0 Å². The monoisotopic (exact) mass is 278 g/mol. The summed E-state index contributed by atoms with van der Waals surface area (Å²) >= 11 is 0. The van der Waals surface area contributed by atoms with Crippen LogP contribution in [0.5, 0.6) is 0 Å². The number of rotatable bonds is 4. The van der Waals surface area contributed by atoms with Gasteiger partial charge in [-0.1, -0.05) is 18.9 Å². The quantitative estimate of drug-likeness (QED) is 0.652. The Bertz CT molecular complexity index is 530.